The topological polar surface area (TPSA) is 48.7 Å². The molecule has 1 heterocycles. The molecule has 1 aliphatic rings. The zero-order valence-electron chi connectivity index (χ0n) is 9.12. The van der Waals surface area contributed by atoms with Gasteiger partial charge in [-0.3, -0.25) is 0 Å². The molecule has 1 fully saturated rings. The van der Waals surface area contributed by atoms with Crippen LogP contribution < -0.4 is 5.32 Å². The summed E-state index contributed by atoms with van der Waals surface area (Å²) >= 11 is 0. The Labute approximate surface area is 90.1 Å². The number of nitrogens with zero attached hydrogens (tertiary/aromatic N) is 2. The van der Waals surface area contributed by atoms with Crippen LogP contribution in [0, 0.1) is 24.2 Å². The van der Waals surface area contributed by atoms with Crippen molar-refractivity contribution in [1.29, 1.82) is 5.26 Å². The zero-order valence-corrected chi connectivity index (χ0v) is 9.12. The normalized spacial score (nSPS) is 24.1. The van der Waals surface area contributed by atoms with Gasteiger partial charge < -0.3 is 5.32 Å². The second-order valence-corrected chi connectivity index (χ2v) is 4.38. The van der Waals surface area contributed by atoms with Crippen molar-refractivity contribution in [1.82, 2.24) is 4.98 Å². The van der Waals surface area contributed by atoms with E-state index in [-0.39, 0.29) is 0 Å². The Morgan fingerprint density at radius 1 is 1.47 bits per heavy atom. The lowest BCUT2D eigenvalue weighted by atomic mass is 9.82. The lowest BCUT2D eigenvalue weighted by molar-refractivity contribution is 0.308. The van der Waals surface area contributed by atoms with E-state index in [1.165, 1.54) is 12.8 Å². The van der Waals surface area contributed by atoms with Crippen LogP contribution in [-0.2, 0) is 0 Å². The average molecular weight is 201 g/mol. The maximum Gasteiger partial charge on any atom is 0.144 e. The Kier molecular flexibility index (Phi) is 2.59. The summed E-state index contributed by atoms with van der Waals surface area (Å²) < 4.78 is 0. The molecule has 0 bridgehead atoms. The number of anilines is 1. The van der Waals surface area contributed by atoms with E-state index >= 15 is 0 Å². The molecule has 15 heavy (non-hydrogen) atoms. The van der Waals surface area contributed by atoms with Gasteiger partial charge in [0.2, 0.25) is 0 Å². The van der Waals surface area contributed by atoms with E-state index in [1.807, 2.05) is 19.1 Å². The Hall–Kier alpha value is -1.56. The van der Waals surface area contributed by atoms with Crippen molar-refractivity contribution in [3.05, 3.63) is 23.4 Å². The number of hydrogen-bond donors (Lipinski definition) is 1. The minimum atomic E-state index is 0.501. The van der Waals surface area contributed by atoms with Crippen LogP contribution in [0.2, 0.25) is 0 Å². The first-order valence-corrected chi connectivity index (χ1v) is 5.33. The molecule has 1 N–H and O–H groups in total. The van der Waals surface area contributed by atoms with E-state index in [0.29, 0.717) is 11.6 Å². The number of aryl methyl sites for hydroxylation is 1. The third kappa shape index (κ3) is 2.10. The number of hydrogen-bond acceptors (Lipinski definition) is 3. The summed E-state index contributed by atoms with van der Waals surface area (Å²) in [6.45, 7) is 4.18. The van der Waals surface area contributed by atoms with Crippen molar-refractivity contribution in [3.63, 3.8) is 0 Å². The quantitative estimate of drug-likeness (QED) is 0.799. The standard InChI is InChI=1S/C12H15N3/c1-8-5-11(6-8)15-12-10(7-13)4-3-9(2)14-12/h3-4,8,11H,5-6H2,1-2H3,(H,14,15). The molecule has 3 heteroatoms. The fraction of sp³-hybridized carbons (Fsp3) is 0.500. The average Bonchev–Trinajstić information content (AvgIpc) is 2.16. The van der Waals surface area contributed by atoms with Crippen LogP contribution in [0.15, 0.2) is 12.1 Å². The number of nitrogens with one attached hydrogen (secondary N) is 1. The number of nitriles is 1. The van der Waals surface area contributed by atoms with Crippen molar-refractivity contribution in [2.45, 2.75) is 32.7 Å². The van der Waals surface area contributed by atoms with E-state index in [0.717, 1.165) is 17.4 Å². The Balaban J connectivity index is 2.13. The lowest BCUT2D eigenvalue weighted by Crippen LogP contribution is -2.34. The predicted octanol–water partition coefficient (Wildman–Crippen LogP) is 2.47. The van der Waals surface area contributed by atoms with Gasteiger partial charge in [0, 0.05) is 11.7 Å². The van der Waals surface area contributed by atoms with Gasteiger partial charge in [0.05, 0.1) is 5.56 Å². The third-order valence-electron chi connectivity index (χ3n) is 2.87. The first-order chi connectivity index (χ1) is 7.19. The second-order valence-electron chi connectivity index (χ2n) is 4.38. The molecule has 0 atom stereocenters. The van der Waals surface area contributed by atoms with E-state index in [1.54, 1.807) is 0 Å². The van der Waals surface area contributed by atoms with Gasteiger partial charge >= 0.3 is 0 Å². The molecule has 0 amide bonds. The highest BCUT2D eigenvalue weighted by Crippen LogP contribution is 2.29. The summed E-state index contributed by atoms with van der Waals surface area (Å²) in [4.78, 5) is 4.36. The number of aromatic nitrogens is 1. The van der Waals surface area contributed by atoms with E-state index in [9.17, 15) is 0 Å². The molecule has 1 aliphatic carbocycles. The molecular weight excluding hydrogens is 186 g/mol. The van der Waals surface area contributed by atoms with Crippen LogP contribution >= 0.6 is 0 Å². The Bertz CT molecular complexity index is 400. The van der Waals surface area contributed by atoms with Gasteiger partial charge in [-0.2, -0.15) is 5.26 Å². The molecule has 1 saturated carbocycles. The highest BCUT2D eigenvalue weighted by molar-refractivity contribution is 5.53. The van der Waals surface area contributed by atoms with Crippen LogP contribution in [0.1, 0.15) is 31.0 Å². The van der Waals surface area contributed by atoms with Gasteiger partial charge in [-0.05, 0) is 37.8 Å². The van der Waals surface area contributed by atoms with Crippen LogP contribution in [-0.4, -0.2) is 11.0 Å². The van der Waals surface area contributed by atoms with Crippen LogP contribution in [0.3, 0.4) is 0 Å². The third-order valence-corrected chi connectivity index (χ3v) is 2.87. The molecule has 0 unspecified atom stereocenters. The summed E-state index contributed by atoms with van der Waals surface area (Å²) in [6, 6.07) is 6.36. The molecule has 2 rings (SSSR count). The van der Waals surface area contributed by atoms with Gasteiger partial charge in [0.25, 0.3) is 0 Å². The summed E-state index contributed by atoms with van der Waals surface area (Å²) in [5, 5.41) is 12.3. The molecule has 1 aromatic rings. The van der Waals surface area contributed by atoms with Crippen LogP contribution in [0.5, 0.6) is 0 Å². The second kappa shape index (κ2) is 3.90. The minimum absolute atomic E-state index is 0.501. The van der Waals surface area contributed by atoms with E-state index in [4.69, 9.17) is 5.26 Å². The summed E-state index contributed by atoms with van der Waals surface area (Å²) in [6.07, 6.45) is 2.36. The zero-order chi connectivity index (χ0) is 10.8. The molecule has 3 nitrogen and oxygen atoms in total. The minimum Gasteiger partial charge on any atom is -0.366 e. The fourth-order valence-corrected chi connectivity index (χ4v) is 1.97. The summed E-state index contributed by atoms with van der Waals surface area (Å²) in [5.41, 5.74) is 1.59. The van der Waals surface area contributed by atoms with Crippen molar-refractivity contribution in [2.75, 3.05) is 5.32 Å². The Morgan fingerprint density at radius 3 is 2.80 bits per heavy atom. The largest absolute Gasteiger partial charge is 0.366 e. The monoisotopic (exact) mass is 201 g/mol. The predicted molar refractivity (Wildman–Crippen MR) is 59.5 cm³/mol. The molecule has 1 aromatic heterocycles. The Morgan fingerprint density at radius 2 is 2.20 bits per heavy atom. The molecule has 0 saturated heterocycles. The number of pyridine rings is 1. The maximum absolute atomic E-state index is 8.93. The maximum atomic E-state index is 8.93. The summed E-state index contributed by atoms with van der Waals surface area (Å²) in [7, 11) is 0. The fourth-order valence-electron chi connectivity index (χ4n) is 1.97. The molecule has 0 aliphatic heterocycles. The highest BCUT2D eigenvalue weighted by Gasteiger charge is 2.25. The van der Waals surface area contributed by atoms with Crippen LogP contribution in [0.25, 0.3) is 0 Å². The van der Waals surface area contributed by atoms with Gasteiger partial charge in [0.1, 0.15) is 11.9 Å². The van der Waals surface area contributed by atoms with Crippen LogP contribution in [0.4, 0.5) is 5.82 Å². The molecule has 0 radical (unpaired) electrons. The van der Waals surface area contributed by atoms with Crippen molar-refractivity contribution < 1.29 is 0 Å². The molecular formula is C12H15N3. The lowest BCUT2D eigenvalue weighted by Gasteiger charge is -2.33. The van der Waals surface area contributed by atoms with Crippen molar-refractivity contribution >= 4 is 5.82 Å². The van der Waals surface area contributed by atoms with Gasteiger partial charge in [-0.15, -0.1) is 0 Å². The molecule has 0 spiro atoms. The van der Waals surface area contributed by atoms with Gasteiger partial charge in [-0.1, -0.05) is 6.92 Å². The number of rotatable bonds is 2. The molecule has 0 aromatic carbocycles. The van der Waals surface area contributed by atoms with E-state index in [2.05, 4.69) is 23.3 Å². The van der Waals surface area contributed by atoms with Crippen molar-refractivity contribution in [3.8, 4) is 6.07 Å². The highest BCUT2D eigenvalue weighted by atomic mass is 15.0. The molecule has 78 valence electrons. The first kappa shape index (κ1) is 9.97. The SMILES string of the molecule is Cc1ccc(C#N)c(NC2CC(C)C2)n1. The smallest absolute Gasteiger partial charge is 0.144 e. The van der Waals surface area contributed by atoms with Gasteiger partial charge in [-0.25, -0.2) is 4.98 Å². The summed E-state index contributed by atoms with van der Waals surface area (Å²) in [5.74, 6) is 1.55. The van der Waals surface area contributed by atoms with Gasteiger partial charge in [0.15, 0.2) is 0 Å². The van der Waals surface area contributed by atoms with E-state index < -0.39 is 0 Å². The first-order valence-electron chi connectivity index (χ1n) is 5.33. The van der Waals surface area contributed by atoms with Crippen molar-refractivity contribution in [2.24, 2.45) is 5.92 Å².